The molecule has 0 aliphatic carbocycles. The summed E-state index contributed by atoms with van der Waals surface area (Å²) in [5, 5.41) is 13.3. The van der Waals surface area contributed by atoms with E-state index in [9.17, 15) is 17.6 Å². The van der Waals surface area contributed by atoms with E-state index in [4.69, 9.17) is 10.2 Å². The molecule has 1 aromatic carbocycles. The van der Waals surface area contributed by atoms with Crippen LogP contribution in [0.1, 0.15) is 10.4 Å². The molecule has 7 heteroatoms. The Morgan fingerprint density at radius 1 is 1.43 bits per heavy atom. The third-order valence-electron chi connectivity index (χ3n) is 1.48. The van der Waals surface area contributed by atoms with Gasteiger partial charge in [-0.2, -0.15) is 0 Å². The molecule has 3 N–H and O–H groups in total. The number of halogens is 1. The van der Waals surface area contributed by atoms with E-state index in [1.54, 1.807) is 0 Å². The lowest BCUT2D eigenvalue weighted by Gasteiger charge is -2.02. The van der Waals surface area contributed by atoms with Crippen LogP contribution >= 0.6 is 0 Å². The van der Waals surface area contributed by atoms with Crippen LogP contribution in [0.2, 0.25) is 0 Å². The predicted octanol–water partition coefficient (Wildman–Crippen LogP) is 0.171. The Balaban J connectivity index is 3.53. The van der Waals surface area contributed by atoms with Gasteiger partial charge in [0, 0.05) is 0 Å². The number of carbonyl (C=O) groups is 1. The van der Waals surface area contributed by atoms with Crippen molar-refractivity contribution in [3.05, 3.63) is 29.6 Å². The fourth-order valence-electron chi connectivity index (χ4n) is 0.917. The van der Waals surface area contributed by atoms with Crippen LogP contribution < -0.4 is 5.14 Å². The van der Waals surface area contributed by atoms with Crippen molar-refractivity contribution in [2.75, 3.05) is 0 Å². The highest BCUT2D eigenvalue weighted by Gasteiger charge is 2.19. The molecule has 0 aliphatic rings. The van der Waals surface area contributed by atoms with Gasteiger partial charge in [-0.05, 0) is 18.2 Å². The van der Waals surface area contributed by atoms with Gasteiger partial charge >= 0.3 is 5.97 Å². The molecule has 0 heterocycles. The SMILES string of the molecule is NS(=O)(=O)c1ccc(F)cc1C(=O)O. The monoisotopic (exact) mass is 219 g/mol. The van der Waals surface area contributed by atoms with Gasteiger partial charge in [-0.3, -0.25) is 0 Å². The standard InChI is InChI=1S/C7H6FNO4S/c8-4-1-2-6(14(9,12)13)5(3-4)7(10)11/h1-3H,(H,10,11)(H2,9,12,13). The van der Waals surface area contributed by atoms with Gasteiger partial charge in [-0.15, -0.1) is 0 Å². The number of nitrogens with two attached hydrogens (primary N) is 1. The van der Waals surface area contributed by atoms with Gasteiger partial charge in [0.05, 0.1) is 10.5 Å². The Morgan fingerprint density at radius 2 is 2.00 bits per heavy atom. The summed E-state index contributed by atoms with van der Waals surface area (Å²) in [5.41, 5.74) is -0.674. The second kappa shape index (κ2) is 3.35. The number of carboxylic acids is 1. The molecule has 0 unspecified atom stereocenters. The smallest absolute Gasteiger partial charge is 0.337 e. The molecule has 0 saturated carbocycles. The predicted molar refractivity (Wildman–Crippen MR) is 44.7 cm³/mol. The van der Waals surface area contributed by atoms with E-state index in [1.807, 2.05) is 0 Å². The quantitative estimate of drug-likeness (QED) is 0.740. The molecule has 0 radical (unpaired) electrons. The van der Waals surface area contributed by atoms with Gasteiger partial charge in [0.25, 0.3) is 0 Å². The minimum atomic E-state index is -4.14. The van der Waals surface area contributed by atoms with Gasteiger partial charge < -0.3 is 5.11 Å². The molecule has 0 fully saturated rings. The lowest BCUT2D eigenvalue weighted by atomic mass is 10.2. The highest BCUT2D eigenvalue weighted by molar-refractivity contribution is 7.89. The molecule has 0 atom stereocenters. The molecule has 14 heavy (non-hydrogen) atoms. The lowest BCUT2D eigenvalue weighted by Crippen LogP contribution is -2.16. The normalized spacial score (nSPS) is 11.3. The van der Waals surface area contributed by atoms with E-state index in [2.05, 4.69) is 0 Å². The Kier molecular flexibility index (Phi) is 2.54. The van der Waals surface area contributed by atoms with Gasteiger partial charge in [0.1, 0.15) is 5.82 Å². The molecular weight excluding hydrogens is 213 g/mol. The van der Waals surface area contributed by atoms with Crippen molar-refractivity contribution in [1.82, 2.24) is 0 Å². The molecule has 1 rings (SSSR count). The van der Waals surface area contributed by atoms with E-state index in [-0.39, 0.29) is 0 Å². The number of benzene rings is 1. The summed E-state index contributed by atoms with van der Waals surface area (Å²) in [6.07, 6.45) is 0. The maximum Gasteiger partial charge on any atom is 0.337 e. The van der Waals surface area contributed by atoms with E-state index in [1.165, 1.54) is 0 Å². The van der Waals surface area contributed by atoms with Crippen LogP contribution in [-0.4, -0.2) is 19.5 Å². The van der Waals surface area contributed by atoms with Crippen molar-refractivity contribution >= 4 is 16.0 Å². The third kappa shape index (κ3) is 2.06. The van der Waals surface area contributed by atoms with Crippen LogP contribution in [-0.2, 0) is 10.0 Å². The molecule has 0 amide bonds. The van der Waals surface area contributed by atoms with Crippen LogP contribution in [0.3, 0.4) is 0 Å². The Morgan fingerprint density at radius 3 is 2.43 bits per heavy atom. The zero-order valence-electron chi connectivity index (χ0n) is 6.77. The lowest BCUT2D eigenvalue weighted by molar-refractivity contribution is 0.0692. The minimum absolute atomic E-state index is 0.599. The third-order valence-corrected chi connectivity index (χ3v) is 2.45. The highest BCUT2D eigenvalue weighted by Crippen LogP contribution is 2.15. The fraction of sp³-hybridized carbons (Fsp3) is 0. The minimum Gasteiger partial charge on any atom is -0.478 e. The summed E-state index contributed by atoms with van der Waals surface area (Å²) >= 11 is 0. The number of carboxylic acid groups (broad SMARTS) is 1. The Bertz CT molecular complexity index is 482. The first-order chi connectivity index (χ1) is 6.32. The number of sulfonamides is 1. The van der Waals surface area contributed by atoms with Crippen molar-refractivity contribution in [3.63, 3.8) is 0 Å². The van der Waals surface area contributed by atoms with Crippen LogP contribution in [0.4, 0.5) is 4.39 Å². The average molecular weight is 219 g/mol. The van der Waals surface area contributed by atoms with Gasteiger partial charge in [0.2, 0.25) is 10.0 Å². The molecule has 5 nitrogen and oxygen atoms in total. The second-order valence-corrected chi connectivity index (χ2v) is 4.02. The molecule has 0 spiro atoms. The van der Waals surface area contributed by atoms with Crippen molar-refractivity contribution in [1.29, 1.82) is 0 Å². The zero-order chi connectivity index (χ0) is 10.9. The van der Waals surface area contributed by atoms with Gasteiger partial charge in [-0.25, -0.2) is 22.7 Å². The zero-order valence-corrected chi connectivity index (χ0v) is 7.58. The van der Waals surface area contributed by atoms with E-state index >= 15 is 0 Å². The number of rotatable bonds is 2. The van der Waals surface area contributed by atoms with Crippen molar-refractivity contribution in [2.24, 2.45) is 5.14 Å². The van der Waals surface area contributed by atoms with E-state index < -0.39 is 32.3 Å². The highest BCUT2D eigenvalue weighted by atomic mass is 32.2. The molecular formula is C7H6FNO4S. The summed E-state index contributed by atoms with van der Waals surface area (Å²) in [5.74, 6) is -2.39. The van der Waals surface area contributed by atoms with E-state index in [0.29, 0.717) is 6.07 Å². The molecule has 0 bridgehead atoms. The van der Waals surface area contributed by atoms with Crippen molar-refractivity contribution in [2.45, 2.75) is 4.90 Å². The topological polar surface area (TPSA) is 97.5 Å². The molecule has 0 aliphatic heterocycles. The summed E-state index contributed by atoms with van der Waals surface area (Å²) in [6, 6.07) is 2.24. The maximum atomic E-state index is 12.6. The molecule has 1 aromatic rings. The van der Waals surface area contributed by atoms with Crippen LogP contribution in [0.25, 0.3) is 0 Å². The summed E-state index contributed by atoms with van der Waals surface area (Å²) in [6.45, 7) is 0. The van der Waals surface area contributed by atoms with Crippen molar-refractivity contribution in [3.8, 4) is 0 Å². The molecule has 0 saturated heterocycles. The van der Waals surface area contributed by atoms with Crippen molar-refractivity contribution < 1.29 is 22.7 Å². The number of hydrogen-bond donors (Lipinski definition) is 2. The molecule has 0 aromatic heterocycles. The second-order valence-electron chi connectivity index (χ2n) is 2.49. The summed E-state index contributed by atoms with van der Waals surface area (Å²) in [7, 11) is -4.14. The van der Waals surface area contributed by atoms with Crippen LogP contribution in [0.15, 0.2) is 23.1 Å². The Hall–Kier alpha value is -1.47. The van der Waals surface area contributed by atoms with Gasteiger partial charge in [-0.1, -0.05) is 0 Å². The maximum absolute atomic E-state index is 12.6. The van der Waals surface area contributed by atoms with Crippen LogP contribution in [0.5, 0.6) is 0 Å². The average Bonchev–Trinajstić information content (AvgIpc) is 2.01. The number of primary sulfonamides is 1. The number of hydrogen-bond acceptors (Lipinski definition) is 3. The number of aromatic carboxylic acids is 1. The summed E-state index contributed by atoms with van der Waals surface area (Å²) < 4.78 is 34.3. The molecule has 76 valence electrons. The van der Waals surface area contributed by atoms with E-state index in [0.717, 1.165) is 12.1 Å². The largest absolute Gasteiger partial charge is 0.478 e. The summed E-state index contributed by atoms with van der Waals surface area (Å²) in [4.78, 5) is 9.93. The Labute approximate surface area is 79.0 Å². The van der Waals surface area contributed by atoms with Crippen LogP contribution in [0, 0.1) is 5.82 Å². The first kappa shape index (κ1) is 10.6. The first-order valence-corrected chi connectivity index (χ1v) is 4.92. The fourth-order valence-corrected chi connectivity index (χ4v) is 1.63. The van der Waals surface area contributed by atoms with Gasteiger partial charge in [0.15, 0.2) is 0 Å². The first-order valence-electron chi connectivity index (χ1n) is 3.38.